The SMILES string of the molecule is Cl.[2H]C([2H])([2H])N(C/C=C/C#CC(C)(C)C)Cc1ccc(C)c2ccccc12. The van der Waals surface area contributed by atoms with Gasteiger partial charge in [0.15, 0.2) is 0 Å². The number of hydrogen-bond donors (Lipinski definition) is 0. The molecule has 0 N–H and O–H groups in total. The number of aryl methyl sites for hydroxylation is 1. The molecular weight excluding hydrogens is 314 g/mol. The van der Waals surface area contributed by atoms with E-state index in [0.717, 1.165) is 10.9 Å². The van der Waals surface area contributed by atoms with Crippen LogP contribution >= 0.6 is 12.4 Å². The highest BCUT2D eigenvalue weighted by Crippen LogP contribution is 2.23. The van der Waals surface area contributed by atoms with Crippen LogP contribution in [0.15, 0.2) is 48.6 Å². The quantitative estimate of drug-likeness (QED) is 0.652. The van der Waals surface area contributed by atoms with E-state index in [9.17, 15) is 0 Å². The van der Waals surface area contributed by atoms with Gasteiger partial charge >= 0.3 is 0 Å². The second-order valence-electron chi connectivity index (χ2n) is 6.89. The summed E-state index contributed by atoms with van der Waals surface area (Å²) in [5.74, 6) is 6.11. The Bertz CT molecular complexity index is 852. The fourth-order valence-corrected chi connectivity index (χ4v) is 2.42. The summed E-state index contributed by atoms with van der Waals surface area (Å²) in [5, 5.41) is 2.28. The van der Waals surface area contributed by atoms with E-state index in [-0.39, 0.29) is 17.8 Å². The van der Waals surface area contributed by atoms with Crippen LogP contribution in [0.4, 0.5) is 0 Å². The molecule has 2 rings (SSSR count). The van der Waals surface area contributed by atoms with Gasteiger partial charge in [-0.2, -0.15) is 0 Å². The molecule has 2 aromatic rings. The predicted octanol–water partition coefficient (Wildman–Crippen LogP) is 5.61. The highest BCUT2D eigenvalue weighted by molar-refractivity contribution is 5.88. The van der Waals surface area contributed by atoms with Crippen molar-refractivity contribution in [2.45, 2.75) is 34.2 Å². The summed E-state index contributed by atoms with van der Waals surface area (Å²) in [4.78, 5) is 1.50. The van der Waals surface area contributed by atoms with Crippen molar-refractivity contribution in [2.75, 3.05) is 13.5 Å². The van der Waals surface area contributed by atoms with Crippen LogP contribution in [0.3, 0.4) is 0 Å². The van der Waals surface area contributed by atoms with E-state index in [1.54, 1.807) is 6.08 Å². The molecule has 0 unspecified atom stereocenters. The summed E-state index contributed by atoms with van der Waals surface area (Å²) in [6.45, 7) is 6.76. The zero-order valence-corrected chi connectivity index (χ0v) is 15.7. The lowest BCUT2D eigenvalue weighted by atomic mass is 9.98. The van der Waals surface area contributed by atoms with Crippen molar-refractivity contribution in [1.82, 2.24) is 4.90 Å². The largest absolute Gasteiger partial charge is 0.298 e. The van der Waals surface area contributed by atoms with Gasteiger partial charge in [-0.1, -0.05) is 54.3 Å². The molecule has 0 saturated heterocycles. The monoisotopic (exact) mass is 344 g/mol. The number of likely N-dealkylation sites (N-methyl/N-ethyl adjacent to an activating group) is 1. The smallest absolute Gasteiger partial charge is 0.0394 e. The van der Waals surface area contributed by atoms with E-state index >= 15 is 0 Å². The highest BCUT2D eigenvalue weighted by Gasteiger charge is 2.05. The second-order valence-corrected chi connectivity index (χ2v) is 6.89. The highest BCUT2D eigenvalue weighted by atomic mass is 35.5. The number of allylic oxidation sites excluding steroid dienone is 1. The molecule has 1 nitrogen and oxygen atoms in total. The first-order valence-corrected chi connectivity index (χ1v) is 7.98. The Balaban J connectivity index is 0.00000364. The van der Waals surface area contributed by atoms with Gasteiger partial charge in [0.1, 0.15) is 0 Å². The zero-order valence-electron chi connectivity index (χ0n) is 17.9. The van der Waals surface area contributed by atoms with Crippen molar-refractivity contribution in [2.24, 2.45) is 5.41 Å². The van der Waals surface area contributed by atoms with Crippen LogP contribution in [-0.4, -0.2) is 18.4 Å². The Morgan fingerprint density at radius 2 is 1.83 bits per heavy atom. The van der Waals surface area contributed by atoms with E-state index in [0.29, 0.717) is 13.1 Å². The van der Waals surface area contributed by atoms with Crippen molar-refractivity contribution in [3.63, 3.8) is 0 Å². The first-order valence-electron chi connectivity index (χ1n) is 9.48. The van der Waals surface area contributed by atoms with Crippen molar-refractivity contribution in [3.8, 4) is 11.8 Å². The van der Waals surface area contributed by atoms with Crippen LogP contribution in [0.5, 0.6) is 0 Å². The maximum absolute atomic E-state index is 7.86. The summed E-state index contributed by atoms with van der Waals surface area (Å²) in [7, 11) is 0. The summed E-state index contributed by atoms with van der Waals surface area (Å²) in [6.07, 6.45) is 3.57. The number of fused-ring (bicyclic) bond motifs is 1. The molecule has 0 saturated carbocycles. The van der Waals surface area contributed by atoms with Gasteiger partial charge in [-0.05, 0) is 62.6 Å². The summed E-state index contributed by atoms with van der Waals surface area (Å²) >= 11 is 0. The first kappa shape index (κ1) is 15.8. The average Bonchev–Trinajstić information content (AvgIpc) is 2.54. The number of benzene rings is 2. The van der Waals surface area contributed by atoms with Crippen LogP contribution < -0.4 is 0 Å². The van der Waals surface area contributed by atoms with Crippen LogP contribution in [0.25, 0.3) is 10.8 Å². The molecule has 0 aliphatic carbocycles. The maximum atomic E-state index is 7.86. The van der Waals surface area contributed by atoms with Crippen LogP contribution in [-0.2, 0) is 6.54 Å². The minimum Gasteiger partial charge on any atom is -0.298 e. The Hall–Kier alpha value is -1.75. The molecule has 0 bridgehead atoms. The maximum Gasteiger partial charge on any atom is 0.0394 e. The number of halogens is 1. The minimum atomic E-state index is -2.16. The molecular formula is C22H28ClN. The normalized spacial score (nSPS) is 13.8. The van der Waals surface area contributed by atoms with Crippen molar-refractivity contribution in [1.29, 1.82) is 0 Å². The van der Waals surface area contributed by atoms with Gasteiger partial charge < -0.3 is 0 Å². The first-order chi connectivity index (χ1) is 12.1. The molecule has 2 aromatic carbocycles. The molecule has 2 heteroatoms. The average molecular weight is 345 g/mol. The molecule has 0 atom stereocenters. The third-order valence-electron chi connectivity index (χ3n) is 3.57. The van der Waals surface area contributed by atoms with Crippen LogP contribution in [0.2, 0.25) is 0 Å². The molecule has 0 spiro atoms. The molecule has 0 fully saturated rings. The number of rotatable bonds is 4. The van der Waals surface area contributed by atoms with Gasteiger partial charge in [0.05, 0.1) is 0 Å². The summed E-state index contributed by atoms with van der Waals surface area (Å²) in [6, 6.07) is 12.2. The lowest BCUT2D eigenvalue weighted by Crippen LogP contribution is -2.17. The fourth-order valence-electron chi connectivity index (χ4n) is 2.42. The van der Waals surface area contributed by atoms with Crippen molar-refractivity contribution >= 4 is 23.2 Å². The standard InChI is InChI=1S/C22H27N.ClH/c1-18-13-14-19(21-12-8-7-11-20(18)21)17-23(5)16-10-6-9-15-22(2,3)4;/h6-8,10-14H,16-17H2,1-5H3;1H/b10-6+;/i5D3;. The zero-order chi connectivity index (χ0) is 19.4. The molecule has 0 aliphatic heterocycles. The summed E-state index contributed by atoms with van der Waals surface area (Å²) < 4.78 is 23.6. The van der Waals surface area contributed by atoms with Crippen molar-refractivity contribution < 1.29 is 4.11 Å². The van der Waals surface area contributed by atoms with E-state index in [1.165, 1.54) is 15.8 Å². The molecule has 0 amide bonds. The second kappa shape index (κ2) is 8.92. The lowest BCUT2D eigenvalue weighted by Gasteiger charge is -2.16. The number of hydrogen-bond acceptors (Lipinski definition) is 1. The Morgan fingerprint density at radius 1 is 1.12 bits per heavy atom. The molecule has 0 radical (unpaired) electrons. The minimum absolute atomic E-state index is 0. The van der Waals surface area contributed by atoms with Gasteiger partial charge in [0.2, 0.25) is 0 Å². The van der Waals surface area contributed by atoms with Gasteiger partial charge in [-0.15, -0.1) is 12.4 Å². The van der Waals surface area contributed by atoms with E-state index < -0.39 is 6.98 Å². The van der Waals surface area contributed by atoms with E-state index in [4.69, 9.17) is 4.11 Å². The molecule has 24 heavy (non-hydrogen) atoms. The van der Waals surface area contributed by atoms with Crippen LogP contribution in [0.1, 0.15) is 36.0 Å². The molecule has 128 valence electrons. The van der Waals surface area contributed by atoms with Gasteiger partial charge in [-0.25, -0.2) is 0 Å². The Labute approximate surface area is 157 Å². The topological polar surface area (TPSA) is 3.24 Å². The van der Waals surface area contributed by atoms with Gasteiger partial charge in [0.25, 0.3) is 0 Å². The van der Waals surface area contributed by atoms with Crippen molar-refractivity contribution in [3.05, 3.63) is 59.7 Å². The molecule has 0 aliphatic rings. The van der Waals surface area contributed by atoms with Gasteiger partial charge in [-0.3, -0.25) is 4.90 Å². The predicted molar refractivity (Wildman–Crippen MR) is 109 cm³/mol. The summed E-state index contributed by atoms with van der Waals surface area (Å²) in [5.41, 5.74) is 2.16. The van der Waals surface area contributed by atoms with E-state index in [2.05, 4.69) is 37.0 Å². The lowest BCUT2D eigenvalue weighted by molar-refractivity contribution is 0.365. The van der Waals surface area contributed by atoms with Crippen LogP contribution in [0, 0.1) is 24.2 Å². The fraction of sp³-hybridized carbons (Fsp3) is 0.364. The van der Waals surface area contributed by atoms with E-state index in [1.807, 2.05) is 45.0 Å². The Morgan fingerprint density at radius 3 is 2.50 bits per heavy atom. The molecule has 0 heterocycles. The molecule has 0 aromatic heterocycles. The Kier molecular flexibility index (Phi) is 5.86. The van der Waals surface area contributed by atoms with Gasteiger partial charge in [0, 0.05) is 22.6 Å². The third-order valence-corrected chi connectivity index (χ3v) is 3.57. The third kappa shape index (κ3) is 6.04. The number of nitrogens with zero attached hydrogens (tertiary/aromatic N) is 1.